The third-order valence-electron chi connectivity index (χ3n) is 2.70. The molecular formula is C11H15N5O3. The number of rotatable bonds is 6. The van der Waals surface area contributed by atoms with Gasteiger partial charge >= 0.3 is 5.69 Å². The molecular weight excluding hydrogens is 250 g/mol. The predicted molar refractivity (Wildman–Crippen MR) is 69.6 cm³/mol. The molecule has 1 heterocycles. The maximum absolute atomic E-state index is 11.4. The quantitative estimate of drug-likeness (QED) is 0.512. The van der Waals surface area contributed by atoms with E-state index in [1.54, 1.807) is 0 Å². The Hall–Kier alpha value is -2.38. The van der Waals surface area contributed by atoms with E-state index in [-0.39, 0.29) is 17.4 Å². The molecule has 0 atom stereocenters. The maximum atomic E-state index is 11.4. The maximum Gasteiger partial charge on any atom is 0.311 e. The lowest BCUT2D eigenvalue weighted by Crippen LogP contribution is -2.27. The highest BCUT2D eigenvalue weighted by atomic mass is 16.6. The van der Waals surface area contributed by atoms with Crippen LogP contribution in [0.2, 0.25) is 0 Å². The zero-order valence-corrected chi connectivity index (χ0v) is 10.3. The second kappa shape index (κ2) is 5.51. The minimum atomic E-state index is -0.588. The van der Waals surface area contributed by atoms with Crippen molar-refractivity contribution in [2.75, 3.05) is 17.6 Å². The standard InChI is InChI=1S/C11H15N5O3/c12-11-8(16(18)19)3-4-9(15-11)13-6-5-10(17)14-7-1-2-7/h3-4,7H,1-2,5-6H2,(H,14,17)(H3,12,13,15). The number of amides is 1. The highest BCUT2D eigenvalue weighted by Gasteiger charge is 2.22. The van der Waals surface area contributed by atoms with Crippen LogP contribution in [-0.2, 0) is 4.79 Å². The Bertz CT molecular complexity index is 501. The average Bonchev–Trinajstić information content (AvgIpc) is 3.12. The first-order valence-corrected chi connectivity index (χ1v) is 6.00. The van der Waals surface area contributed by atoms with Crippen LogP contribution in [0.4, 0.5) is 17.3 Å². The first-order chi connectivity index (χ1) is 9.06. The van der Waals surface area contributed by atoms with Crippen LogP contribution in [0.25, 0.3) is 0 Å². The lowest BCUT2D eigenvalue weighted by atomic mass is 10.3. The molecule has 0 aliphatic heterocycles. The van der Waals surface area contributed by atoms with Crippen molar-refractivity contribution in [2.45, 2.75) is 25.3 Å². The molecule has 2 rings (SSSR count). The molecule has 0 bridgehead atoms. The summed E-state index contributed by atoms with van der Waals surface area (Å²) in [5.74, 6) is 0.268. The molecule has 102 valence electrons. The van der Waals surface area contributed by atoms with Crippen molar-refractivity contribution in [1.82, 2.24) is 10.3 Å². The fraction of sp³-hybridized carbons (Fsp3) is 0.455. The first-order valence-electron chi connectivity index (χ1n) is 6.00. The zero-order chi connectivity index (χ0) is 13.8. The van der Waals surface area contributed by atoms with Crippen molar-refractivity contribution in [3.8, 4) is 0 Å². The van der Waals surface area contributed by atoms with Gasteiger partial charge in [0, 0.05) is 25.1 Å². The minimum Gasteiger partial charge on any atom is -0.378 e. The molecule has 0 saturated heterocycles. The normalized spacial score (nSPS) is 13.9. The number of carbonyl (C=O) groups excluding carboxylic acids is 1. The number of nitrogens with one attached hydrogen (secondary N) is 2. The molecule has 19 heavy (non-hydrogen) atoms. The Labute approximate surface area is 109 Å². The average molecular weight is 265 g/mol. The molecule has 0 radical (unpaired) electrons. The summed E-state index contributed by atoms with van der Waals surface area (Å²) >= 11 is 0. The van der Waals surface area contributed by atoms with Gasteiger partial charge in [-0.15, -0.1) is 0 Å². The molecule has 0 unspecified atom stereocenters. The molecule has 1 saturated carbocycles. The highest BCUT2D eigenvalue weighted by Crippen LogP contribution is 2.20. The molecule has 0 spiro atoms. The summed E-state index contributed by atoms with van der Waals surface area (Å²) in [6.45, 7) is 0.406. The predicted octanol–water partition coefficient (Wildman–Crippen LogP) is 0.653. The van der Waals surface area contributed by atoms with Crippen molar-refractivity contribution in [1.29, 1.82) is 0 Å². The first kappa shape index (κ1) is 13.1. The van der Waals surface area contributed by atoms with Crippen LogP contribution in [-0.4, -0.2) is 28.4 Å². The third-order valence-corrected chi connectivity index (χ3v) is 2.70. The van der Waals surface area contributed by atoms with Crippen LogP contribution in [0.1, 0.15) is 19.3 Å². The SMILES string of the molecule is Nc1nc(NCCC(=O)NC2CC2)ccc1[N+](=O)[O-]. The number of carbonyl (C=O) groups is 1. The topological polar surface area (TPSA) is 123 Å². The summed E-state index contributed by atoms with van der Waals surface area (Å²) in [6, 6.07) is 3.10. The van der Waals surface area contributed by atoms with Gasteiger partial charge < -0.3 is 16.4 Å². The lowest BCUT2D eigenvalue weighted by Gasteiger charge is -2.06. The zero-order valence-electron chi connectivity index (χ0n) is 10.3. The number of hydrogen-bond acceptors (Lipinski definition) is 6. The Balaban J connectivity index is 1.80. The number of pyridine rings is 1. The molecule has 1 amide bonds. The van der Waals surface area contributed by atoms with Crippen LogP contribution in [0.5, 0.6) is 0 Å². The molecule has 1 aliphatic carbocycles. The van der Waals surface area contributed by atoms with E-state index in [0.29, 0.717) is 24.8 Å². The molecule has 8 heteroatoms. The van der Waals surface area contributed by atoms with Gasteiger partial charge in [-0.05, 0) is 18.9 Å². The van der Waals surface area contributed by atoms with Crippen molar-refractivity contribution < 1.29 is 9.72 Å². The monoisotopic (exact) mass is 265 g/mol. The van der Waals surface area contributed by atoms with Crippen LogP contribution >= 0.6 is 0 Å². The van der Waals surface area contributed by atoms with E-state index in [1.807, 2.05) is 0 Å². The van der Waals surface area contributed by atoms with Gasteiger partial charge in [0.15, 0.2) is 0 Å². The minimum absolute atomic E-state index is 0.00937. The van der Waals surface area contributed by atoms with Gasteiger partial charge in [-0.3, -0.25) is 14.9 Å². The summed E-state index contributed by atoms with van der Waals surface area (Å²) in [5, 5.41) is 16.3. The summed E-state index contributed by atoms with van der Waals surface area (Å²) < 4.78 is 0. The summed E-state index contributed by atoms with van der Waals surface area (Å²) in [6.07, 6.45) is 2.44. The van der Waals surface area contributed by atoms with Crippen LogP contribution in [0.3, 0.4) is 0 Å². The van der Waals surface area contributed by atoms with E-state index in [9.17, 15) is 14.9 Å². The van der Waals surface area contributed by atoms with E-state index in [2.05, 4.69) is 15.6 Å². The van der Waals surface area contributed by atoms with E-state index < -0.39 is 4.92 Å². The van der Waals surface area contributed by atoms with E-state index >= 15 is 0 Å². The number of anilines is 2. The van der Waals surface area contributed by atoms with Crippen molar-refractivity contribution in [2.24, 2.45) is 0 Å². The summed E-state index contributed by atoms with van der Waals surface area (Å²) in [4.78, 5) is 25.2. The van der Waals surface area contributed by atoms with Gasteiger partial charge in [0.25, 0.3) is 0 Å². The van der Waals surface area contributed by atoms with Crippen LogP contribution < -0.4 is 16.4 Å². The second-order valence-electron chi connectivity index (χ2n) is 4.38. The van der Waals surface area contributed by atoms with Crippen LogP contribution in [0, 0.1) is 10.1 Å². The Morgan fingerprint density at radius 3 is 2.84 bits per heavy atom. The van der Waals surface area contributed by atoms with Gasteiger partial charge in [0.1, 0.15) is 5.82 Å². The van der Waals surface area contributed by atoms with Crippen molar-refractivity contribution >= 4 is 23.2 Å². The van der Waals surface area contributed by atoms with Crippen molar-refractivity contribution in [3.63, 3.8) is 0 Å². The van der Waals surface area contributed by atoms with Gasteiger partial charge in [-0.25, -0.2) is 4.98 Å². The summed E-state index contributed by atoms with van der Waals surface area (Å²) in [5.41, 5.74) is 5.23. The van der Waals surface area contributed by atoms with E-state index in [1.165, 1.54) is 12.1 Å². The van der Waals surface area contributed by atoms with Gasteiger partial charge in [-0.1, -0.05) is 0 Å². The number of nitrogen functional groups attached to an aromatic ring is 1. The largest absolute Gasteiger partial charge is 0.378 e. The molecule has 1 fully saturated rings. The number of hydrogen-bond donors (Lipinski definition) is 3. The smallest absolute Gasteiger partial charge is 0.311 e. The molecule has 8 nitrogen and oxygen atoms in total. The summed E-state index contributed by atoms with van der Waals surface area (Å²) in [7, 11) is 0. The van der Waals surface area contributed by atoms with Gasteiger partial charge in [0.2, 0.25) is 11.7 Å². The lowest BCUT2D eigenvalue weighted by molar-refractivity contribution is -0.384. The van der Waals surface area contributed by atoms with Crippen LogP contribution in [0.15, 0.2) is 12.1 Å². The number of nitro groups is 1. The van der Waals surface area contributed by atoms with E-state index in [4.69, 9.17) is 5.73 Å². The Morgan fingerprint density at radius 1 is 1.53 bits per heavy atom. The molecule has 1 aliphatic rings. The van der Waals surface area contributed by atoms with Gasteiger partial charge in [-0.2, -0.15) is 0 Å². The van der Waals surface area contributed by atoms with Gasteiger partial charge in [0.05, 0.1) is 4.92 Å². The highest BCUT2D eigenvalue weighted by molar-refractivity contribution is 5.77. The number of nitrogens with zero attached hydrogens (tertiary/aromatic N) is 2. The Morgan fingerprint density at radius 2 is 2.26 bits per heavy atom. The molecule has 0 aromatic carbocycles. The molecule has 4 N–H and O–H groups in total. The Kier molecular flexibility index (Phi) is 3.79. The number of nitrogens with two attached hydrogens (primary N) is 1. The molecule has 1 aromatic rings. The van der Waals surface area contributed by atoms with E-state index in [0.717, 1.165) is 12.8 Å². The second-order valence-corrected chi connectivity index (χ2v) is 4.38. The third kappa shape index (κ3) is 3.80. The fourth-order valence-corrected chi connectivity index (χ4v) is 1.55. The fourth-order valence-electron chi connectivity index (χ4n) is 1.55. The van der Waals surface area contributed by atoms with Crippen molar-refractivity contribution in [3.05, 3.63) is 22.2 Å². The molecule has 1 aromatic heterocycles. The number of aromatic nitrogens is 1.